The number of carboxylic acids is 1. The molecular formula is C8H6N4O3. The van der Waals surface area contributed by atoms with E-state index >= 15 is 0 Å². The first kappa shape index (κ1) is 9.13. The van der Waals surface area contributed by atoms with E-state index < -0.39 is 5.97 Å². The molecule has 76 valence electrons. The summed E-state index contributed by atoms with van der Waals surface area (Å²) in [6, 6.07) is 1.24. The molecular weight excluding hydrogens is 200 g/mol. The molecule has 0 radical (unpaired) electrons. The number of aromatic amines is 1. The van der Waals surface area contributed by atoms with Gasteiger partial charge in [-0.1, -0.05) is 0 Å². The van der Waals surface area contributed by atoms with E-state index in [1.54, 1.807) is 0 Å². The van der Waals surface area contributed by atoms with Crippen LogP contribution in [0.5, 0.6) is 0 Å². The maximum atomic E-state index is 11.0. The first-order chi connectivity index (χ1) is 7.16. The second-order valence-electron chi connectivity index (χ2n) is 2.74. The summed E-state index contributed by atoms with van der Waals surface area (Å²) in [5.74, 6) is -0.808. The van der Waals surface area contributed by atoms with Gasteiger partial charge in [0.05, 0.1) is 6.33 Å². The molecule has 2 aromatic heterocycles. The molecule has 0 aromatic carbocycles. The van der Waals surface area contributed by atoms with E-state index in [1.807, 2.05) is 0 Å². The third-order valence-electron chi connectivity index (χ3n) is 1.73. The minimum atomic E-state index is -1.13. The number of aromatic nitrogens is 4. The number of nitrogens with one attached hydrogen (secondary N) is 1. The van der Waals surface area contributed by atoms with E-state index in [4.69, 9.17) is 5.11 Å². The maximum Gasteiger partial charge on any atom is 0.356 e. The Kier molecular flexibility index (Phi) is 2.05. The molecule has 0 atom stereocenters. The number of aromatic carboxylic acids is 1. The van der Waals surface area contributed by atoms with Gasteiger partial charge >= 0.3 is 5.97 Å². The first-order valence-corrected chi connectivity index (χ1v) is 3.99. The molecule has 0 amide bonds. The maximum absolute atomic E-state index is 11.0. The molecule has 0 saturated heterocycles. The molecule has 0 bridgehead atoms. The normalized spacial score (nSPS) is 10.1. The molecule has 2 heterocycles. The molecule has 15 heavy (non-hydrogen) atoms. The summed E-state index contributed by atoms with van der Waals surface area (Å²) in [7, 11) is 0. The quantitative estimate of drug-likeness (QED) is 0.699. The summed E-state index contributed by atoms with van der Waals surface area (Å²) in [6.45, 7) is 0. The van der Waals surface area contributed by atoms with E-state index in [0.717, 1.165) is 0 Å². The van der Waals surface area contributed by atoms with Crippen LogP contribution in [-0.4, -0.2) is 30.6 Å². The second-order valence-corrected chi connectivity index (χ2v) is 2.74. The largest absolute Gasteiger partial charge is 0.476 e. The molecule has 0 aliphatic carbocycles. The number of nitrogens with zero attached hydrogens (tertiary/aromatic N) is 3. The summed E-state index contributed by atoms with van der Waals surface area (Å²) in [5.41, 5.74) is -0.414. The van der Waals surface area contributed by atoms with Gasteiger partial charge in [0.25, 0.3) is 5.56 Å². The lowest BCUT2D eigenvalue weighted by atomic mass is 10.5. The summed E-state index contributed by atoms with van der Waals surface area (Å²) >= 11 is 0. The lowest BCUT2D eigenvalue weighted by Crippen LogP contribution is -2.07. The van der Waals surface area contributed by atoms with Gasteiger partial charge in [0.2, 0.25) is 0 Å². The highest BCUT2D eigenvalue weighted by Gasteiger charge is 2.07. The fourth-order valence-corrected chi connectivity index (χ4v) is 1.06. The smallest absolute Gasteiger partial charge is 0.356 e. The SMILES string of the molecule is O=C(O)c1cn(-c2cc(=O)[nH]cn2)cn1. The van der Waals surface area contributed by atoms with Crippen LogP contribution in [0.15, 0.2) is 29.7 Å². The molecule has 0 fully saturated rings. The second kappa shape index (κ2) is 3.37. The minimum Gasteiger partial charge on any atom is -0.476 e. The van der Waals surface area contributed by atoms with Crippen LogP contribution in [0.4, 0.5) is 0 Å². The number of hydrogen-bond acceptors (Lipinski definition) is 4. The molecule has 2 aromatic rings. The fourth-order valence-electron chi connectivity index (χ4n) is 1.06. The van der Waals surface area contributed by atoms with Gasteiger partial charge in [-0.25, -0.2) is 14.8 Å². The molecule has 2 rings (SSSR count). The Morgan fingerprint density at radius 2 is 2.27 bits per heavy atom. The van der Waals surface area contributed by atoms with Crippen LogP contribution in [0.1, 0.15) is 10.5 Å². The van der Waals surface area contributed by atoms with Gasteiger partial charge in [0.1, 0.15) is 12.1 Å². The standard InChI is InChI=1S/C8H6N4O3/c13-7-1-6(9-3-10-7)12-2-5(8(14)15)11-4-12/h1-4H,(H,14,15)(H,9,10,13). The number of hydrogen-bond donors (Lipinski definition) is 2. The van der Waals surface area contributed by atoms with Crippen molar-refractivity contribution in [2.75, 3.05) is 0 Å². The monoisotopic (exact) mass is 206 g/mol. The predicted molar refractivity (Wildman–Crippen MR) is 48.9 cm³/mol. The topological polar surface area (TPSA) is 101 Å². The Morgan fingerprint density at radius 3 is 2.87 bits per heavy atom. The number of carbonyl (C=O) groups is 1. The average Bonchev–Trinajstić information content (AvgIpc) is 2.66. The lowest BCUT2D eigenvalue weighted by molar-refractivity contribution is 0.0691. The van der Waals surface area contributed by atoms with Crippen molar-refractivity contribution < 1.29 is 9.90 Å². The number of rotatable bonds is 2. The Bertz CT molecular complexity index is 557. The molecule has 0 unspecified atom stereocenters. The predicted octanol–water partition coefficient (Wildman–Crippen LogP) is -0.346. The highest BCUT2D eigenvalue weighted by molar-refractivity contribution is 5.85. The van der Waals surface area contributed by atoms with Crippen LogP contribution in [0.2, 0.25) is 0 Å². The van der Waals surface area contributed by atoms with E-state index in [9.17, 15) is 9.59 Å². The van der Waals surface area contributed by atoms with Gasteiger partial charge in [0.15, 0.2) is 5.69 Å². The molecule has 7 heteroatoms. The molecule has 2 N–H and O–H groups in total. The minimum absolute atomic E-state index is 0.0999. The molecule has 0 aliphatic rings. The fraction of sp³-hybridized carbons (Fsp3) is 0. The van der Waals surface area contributed by atoms with Gasteiger partial charge < -0.3 is 10.1 Å². The first-order valence-electron chi connectivity index (χ1n) is 3.99. The highest BCUT2D eigenvalue weighted by Crippen LogP contribution is 2.02. The Labute approximate surface area is 83.0 Å². The number of imidazole rings is 1. The van der Waals surface area contributed by atoms with Crippen molar-refractivity contribution in [2.24, 2.45) is 0 Å². The lowest BCUT2D eigenvalue weighted by Gasteiger charge is -1.97. The van der Waals surface area contributed by atoms with Gasteiger partial charge in [-0.2, -0.15) is 0 Å². The van der Waals surface area contributed by atoms with Gasteiger partial charge in [-0.05, 0) is 0 Å². The Balaban J connectivity index is 2.46. The Hall–Kier alpha value is -2.44. The van der Waals surface area contributed by atoms with Crippen LogP contribution in [0.3, 0.4) is 0 Å². The summed E-state index contributed by atoms with van der Waals surface area (Å²) < 4.78 is 1.36. The van der Waals surface area contributed by atoms with Crippen LogP contribution in [0, 0.1) is 0 Å². The van der Waals surface area contributed by atoms with E-state index in [1.165, 1.54) is 29.5 Å². The highest BCUT2D eigenvalue weighted by atomic mass is 16.4. The molecule has 0 saturated carbocycles. The summed E-state index contributed by atoms with van der Waals surface area (Å²) in [6.07, 6.45) is 3.80. The number of H-pyrrole nitrogens is 1. The third-order valence-corrected chi connectivity index (χ3v) is 1.73. The van der Waals surface area contributed by atoms with Crippen molar-refractivity contribution in [2.45, 2.75) is 0 Å². The van der Waals surface area contributed by atoms with Crippen LogP contribution in [0.25, 0.3) is 5.82 Å². The van der Waals surface area contributed by atoms with Crippen molar-refractivity contribution in [3.8, 4) is 5.82 Å². The summed E-state index contributed by atoms with van der Waals surface area (Å²) in [5, 5.41) is 8.64. The zero-order valence-corrected chi connectivity index (χ0v) is 7.41. The van der Waals surface area contributed by atoms with Gasteiger partial charge in [-0.3, -0.25) is 9.36 Å². The average molecular weight is 206 g/mol. The van der Waals surface area contributed by atoms with Crippen molar-refractivity contribution in [1.82, 2.24) is 19.5 Å². The molecule has 0 spiro atoms. The summed E-state index contributed by atoms with van der Waals surface area (Å²) in [4.78, 5) is 31.4. The van der Waals surface area contributed by atoms with E-state index in [-0.39, 0.29) is 11.3 Å². The van der Waals surface area contributed by atoms with Gasteiger partial charge in [0, 0.05) is 12.3 Å². The van der Waals surface area contributed by atoms with Crippen LogP contribution < -0.4 is 5.56 Å². The van der Waals surface area contributed by atoms with E-state index in [0.29, 0.717) is 5.82 Å². The van der Waals surface area contributed by atoms with Crippen molar-refractivity contribution >= 4 is 5.97 Å². The number of carboxylic acid groups (broad SMARTS) is 1. The third kappa shape index (κ3) is 1.75. The van der Waals surface area contributed by atoms with Crippen molar-refractivity contribution in [3.05, 3.63) is 41.0 Å². The van der Waals surface area contributed by atoms with Crippen molar-refractivity contribution in [3.63, 3.8) is 0 Å². The van der Waals surface area contributed by atoms with Crippen LogP contribution in [-0.2, 0) is 0 Å². The van der Waals surface area contributed by atoms with Gasteiger partial charge in [-0.15, -0.1) is 0 Å². The molecule has 7 nitrogen and oxygen atoms in total. The molecule has 0 aliphatic heterocycles. The zero-order chi connectivity index (χ0) is 10.8. The van der Waals surface area contributed by atoms with E-state index in [2.05, 4.69) is 15.0 Å². The zero-order valence-electron chi connectivity index (χ0n) is 7.41. The van der Waals surface area contributed by atoms with Crippen LogP contribution >= 0.6 is 0 Å². The van der Waals surface area contributed by atoms with Crippen molar-refractivity contribution in [1.29, 1.82) is 0 Å². The Morgan fingerprint density at radius 1 is 1.47 bits per heavy atom.